The summed E-state index contributed by atoms with van der Waals surface area (Å²) >= 11 is 0. The van der Waals surface area contributed by atoms with Crippen molar-refractivity contribution in [3.8, 4) is 0 Å². The lowest BCUT2D eigenvalue weighted by Crippen LogP contribution is -2.28. The molecule has 2 unspecified atom stereocenters. The second kappa shape index (κ2) is 6.61. The number of hydrogen-bond donors (Lipinski definition) is 0. The molecule has 1 heterocycles. The van der Waals surface area contributed by atoms with Crippen LogP contribution in [0.5, 0.6) is 0 Å². The maximum atomic E-state index is 4.03. The van der Waals surface area contributed by atoms with E-state index in [0.717, 1.165) is 12.0 Å². The molecule has 2 heteroatoms. The van der Waals surface area contributed by atoms with E-state index in [2.05, 4.69) is 38.3 Å². The standard InChI is InChI=1S/C14H22S2/c1-5-14(4,10-6-8-12(2)3)13-9-7-11-15-16-13/h5-6,8,13H,1-2,7,9-11H2,3-4H3. The average Bonchev–Trinajstić information content (AvgIpc) is 2.29. The molecule has 1 saturated heterocycles. The number of allylic oxidation sites excluding steroid dienone is 4. The Kier molecular flexibility index (Phi) is 5.77. The van der Waals surface area contributed by atoms with Crippen LogP contribution in [0.25, 0.3) is 0 Å². The summed E-state index contributed by atoms with van der Waals surface area (Å²) in [6.45, 7) is 12.3. The first-order valence-corrected chi connectivity index (χ1v) is 8.20. The molecular weight excluding hydrogens is 232 g/mol. The van der Waals surface area contributed by atoms with E-state index in [9.17, 15) is 0 Å². The van der Waals surface area contributed by atoms with Crippen molar-refractivity contribution in [3.05, 3.63) is 37.0 Å². The third-order valence-electron chi connectivity index (χ3n) is 3.04. The lowest BCUT2D eigenvalue weighted by molar-refractivity contribution is 0.397. The first-order chi connectivity index (χ1) is 7.58. The van der Waals surface area contributed by atoms with Crippen LogP contribution < -0.4 is 0 Å². The van der Waals surface area contributed by atoms with Gasteiger partial charge in [-0.1, -0.05) is 58.9 Å². The molecule has 0 spiro atoms. The van der Waals surface area contributed by atoms with E-state index < -0.39 is 0 Å². The van der Waals surface area contributed by atoms with Crippen LogP contribution in [-0.2, 0) is 0 Å². The van der Waals surface area contributed by atoms with E-state index >= 15 is 0 Å². The van der Waals surface area contributed by atoms with Crippen molar-refractivity contribution in [2.45, 2.75) is 38.4 Å². The van der Waals surface area contributed by atoms with Gasteiger partial charge in [-0.15, -0.1) is 6.58 Å². The van der Waals surface area contributed by atoms with Crippen LogP contribution in [0.3, 0.4) is 0 Å². The van der Waals surface area contributed by atoms with Crippen molar-refractivity contribution in [3.63, 3.8) is 0 Å². The smallest absolute Gasteiger partial charge is 0.0242 e. The highest BCUT2D eigenvalue weighted by molar-refractivity contribution is 8.77. The Hall–Kier alpha value is -0.0800. The summed E-state index contributed by atoms with van der Waals surface area (Å²) in [7, 11) is 4.05. The molecule has 90 valence electrons. The second-order valence-corrected chi connectivity index (χ2v) is 7.40. The first kappa shape index (κ1) is 14.0. The molecule has 1 rings (SSSR count). The van der Waals surface area contributed by atoms with Gasteiger partial charge in [-0.05, 0) is 26.2 Å². The molecular formula is C14H22S2. The maximum absolute atomic E-state index is 4.03. The molecule has 0 saturated carbocycles. The Morgan fingerprint density at radius 2 is 2.31 bits per heavy atom. The molecule has 2 atom stereocenters. The van der Waals surface area contributed by atoms with Gasteiger partial charge in [0.2, 0.25) is 0 Å². The van der Waals surface area contributed by atoms with Crippen molar-refractivity contribution in [1.29, 1.82) is 0 Å². The SMILES string of the molecule is C=CC(C)(CC=CC(=C)C)C1CCCSS1. The van der Waals surface area contributed by atoms with Gasteiger partial charge < -0.3 is 0 Å². The largest absolute Gasteiger partial charge is 0.102 e. The van der Waals surface area contributed by atoms with Gasteiger partial charge in [0.15, 0.2) is 0 Å². The van der Waals surface area contributed by atoms with Gasteiger partial charge in [-0.3, -0.25) is 0 Å². The quantitative estimate of drug-likeness (QED) is 0.373. The Labute approximate surface area is 108 Å². The fourth-order valence-corrected chi connectivity index (χ4v) is 5.11. The van der Waals surface area contributed by atoms with Crippen molar-refractivity contribution < 1.29 is 0 Å². The van der Waals surface area contributed by atoms with E-state index in [-0.39, 0.29) is 5.41 Å². The topological polar surface area (TPSA) is 0 Å². The van der Waals surface area contributed by atoms with Crippen LogP contribution >= 0.6 is 21.6 Å². The second-order valence-electron chi connectivity index (χ2n) is 4.71. The molecule has 0 amide bonds. The predicted octanol–water partition coefficient (Wildman–Crippen LogP) is 5.24. The summed E-state index contributed by atoms with van der Waals surface area (Å²) in [6.07, 6.45) is 10.2. The highest BCUT2D eigenvalue weighted by atomic mass is 33.1. The van der Waals surface area contributed by atoms with Gasteiger partial charge in [0.1, 0.15) is 0 Å². The van der Waals surface area contributed by atoms with Crippen molar-refractivity contribution in [2.24, 2.45) is 5.41 Å². The van der Waals surface area contributed by atoms with Crippen LogP contribution in [-0.4, -0.2) is 11.0 Å². The van der Waals surface area contributed by atoms with E-state index in [1.807, 2.05) is 28.5 Å². The molecule has 0 bridgehead atoms. The van der Waals surface area contributed by atoms with E-state index in [0.29, 0.717) is 5.25 Å². The van der Waals surface area contributed by atoms with Crippen LogP contribution in [0.15, 0.2) is 37.0 Å². The third kappa shape index (κ3) is 4.06. The van der Waals surface area contributed by atoms with Gasteiger partial charge in [0, 0.05) is 16.4 Å². The molecule has 0 nitrogen and oxygen atoms in total. The highest BCUT2D eigenvalue weighted by Gasteiger charge is 2.32. The lowest BCUT2D eigenvalue weighted by Gasteiger charge is -2.35. The Bertz CT molecular complexity index is 274. The molecule has 0 aromatic rings. The Balaban J connectivity index is 2.60. The molecule has 0 aliphatic carbocycles. The molecule has 1 fully saturated rings. The van der Waals surface area contributed by atoms with E-state index in [4.69, 9.17) is 0 Å². The number of hydrogen-bond acceptors (Lipinski definition) is 2. The molecule has 0 radical (unpaired) electrons. The first-order valence-electron chi connectivity index (χ1n) is 5.82. The zero-order valence-corrected chi connectivity index (χ0v) is 12.0. The number of rotatable bonds is 5. The van der Waals surface area contributed by atoms with Crippen molar-refractivity contribution >= 4 is 21.6 Å². The lowest BCUT2D eigenvalue weighted by atomic mass is 9.81. The van der Waals surface area contributed by atoms with E-state index in [1.165, 1.54) is 18.6 Å². The fraction of sp³-hybridized carbons (Fsp3) is 0.571. The summed E-state index contributed by atoms with van der Waals surface area (Å²) in [6, 6.07) is 0. The molecule has 1 aliphatic rings. The zero-order chi connectivity index (χ0) is 12.0. The fourth-order valence-electron chi connectivity index (χ4n) is 1.81. The summed E-state index contributed by atoms with van der Waals surface area (Å²) in [4.78, 5) is 0. The van der Waals surface area contributed by atoms with Crippen LogP contribution in [0.2, 0.25) is 0 Å². The molecule has 16 heavy (non-hydrogen) atoms. The van der Waals surface area contributed by atoms with Crippen LogP contribution in [0, 0.1) is 5.41 Å². The molecule has 0 aromatic carbocycles. The minimum absolute atomic E-state index is 0.226. The highest BCUT2D eigenvalue weighted by Crippen LogP contribution is 2.47. The summed E-state index contributed by atoms with van der Waals surface area (Å²) in [5.41, 5.74) is 1.35. The van der Waals surface area contributed by atoms with Gasteiger partial charge in [0.25, 0.3) is 0 Å². The van der Waals surface area contributed by atoms with E-state index in [1.54, 1.807) is 0 Å². The average molecular weight is 254 g/mol. The van der Waals surface area contributed by atoms with Gasteiger partial charge in [-0.2, -0.15) is 0 Å². The van der Waals surface area contributed by atoms with Crippen LogP contribution in [0.4, 0.5) is 0 Å². The summed E-state index contributed by atoms with van der Waals surface area (Å²) in [5, 5.41) is 0.707. The van der Waals surface area contributed by atoms with Gasteiger partial charge >= 0.3 is 0 Å². The third-order valence-corrected chi connectivity index (χ3v) is 6.24. The van der Waals surface area contributed by atoms with Crippen molar-refractivity contribution in [1.82, 2.24) is 0 Å². The summed E-state index contributed by atoms with van der Waals surface area (Å²) in [5.74, 6) is 1.30. The molecule has 1 aliphatic heterocycles. The normalized spacial score (nSPS) is 25.2. The van der Waals surface area contributed by atoms with Gasteiger partial charge in [0.05, 0.1) is 0 Å². The Morgan fingerprint density at radius 1 is 1.56 bits per heavy atom. The summed E-state index contributed by atoms with van der Waals surface area (Å²) < 4.78 is 0. The predicted molar refractivity (Wildman–Crippen MR) is 79.9 cm³/mol. The van der Waals surface area contributed by atoms with Gasteiger partial charge in [-0.25, -0.2) is 0 Å². The Morgan fingerprint density at radius 3 is 2.81 bits per heavy atom. The minimum Gasteiger partial charge on any atom is -0.102 e. The monoisotopic (exact) mass is 254 g/mol. The van der Waals surface area contributed by atoms with Crippen molar-refractivity contribution in [2.75, 3.05) is 5.75 Å². The molecule has 0 aromatic heterocycles. The molecule has 0 N–H and O–H groups in total. The maximum Gasteiger partial charge on any atom is 0.0242 e. The van der Waals surface area contributed by atoms with Crippen LogP contribution in [0.1, 0.15) is 33.1 Å². The minimum atomic E-state index is 0.226. The zero-order valence-electron chi connectivity index (χ0n) is 10.4.